The van der Waals surface area contributed by atoms with Gasteiger partial charge in [-0.3, -0.25) is 0 Å². The average Bonchev–Trinajstić information content (AvgIpc) is 2.29. The highest BCUT2D eigenvalue weighted by molar-refractivity contribution is 7.88. The number of sulfonamides is 1. The highest BCUT2D eigenvalue weighted by atomic mass is 32.2. The molecule has 88 valence electrons. The van der Waals surface area contributed by atoms with Gasteiger partial charge in [0.15, 0.2) is 0 Å². The number of rotatable bonds is 2. The van der Waals surface area contributed by atoms with Gasteiger partial charge in [0.1, 0.15) is 5.82 Å². The van der Waals surface area contributed by atoms with Crippen LogP contribution in [0.5, 0.6) is 0 Å². The lowest BCUT2D eigenvalue weighted by atomic mass is 10.3. The molecule has 1 aromatic rings. The molecule has 1 aromatic heterocycles. The first-order valence-electron chi connectivity index (χ1n) is 5.18. The molecule has 1 aliphatic heterocycles. The summed E-state index contributed by atoms with van der Waals surface area (Å²) in [6, 6.07) is 5.75. The van der Waals surface area contributed by atoms with Crippen LogP contribution in [0.2, 0.25) is 0 Å². The molecule has 16 heavy (non-hydrogen) atoms. The third kappa shape index (κ3) is 2.51. The van der Waals surface area contributed by atoms with E-state index >= 15 is 0 Å². The Hall–Kier alpha value is -1.14. The lowest BCUT2D eigenvalue weighted by Gasteiger charge is -2.33. The number of aromatic nitrogens is 1. The number of nitrogens with zero attached hydrogens (tertiary/aromatic N) is 3. The fraction of sp³-hybridized carbons (Fsp3) is 0.500. The summed E-state index contributed by atoms with van der Waals surface area (Å²) in [7, 11) is -3.05. The van der Waals surface area contributed by atoms with Crippen LogP contribution in [0.1, 0.15) is 0 Å². The van der Waals surface area contributed by atoms with E-state index in [-0.39, 0.29) is 0 Å². The lowest BCUT2D eigenvalue weighted by Crippen LogP contribution is -2.48. The van der Waals surface area contributed by atoms with Crippen molar-refractivity contribution in [1.82, 2.24) is 9.29 Å². The normalized spacial score (nSPS) is 18.7. The lowest BCUT2D eigenvalue weighted by molar-refractivity contribution is 0.387. The second-order valence-corrected chi connectivity index (χ2v) is 5.82. The maximum Gasteiger partial charge on any atom is 0.211 e. The molecule has 5 nitrogen and oxygen atoms in total. The summed E-state index contributed by atoms with van der Waals surface area (Å²) in [6.07, 6.45) is 3.00. The summed E-state index contributed by atoms with van der Waals surface area (Å²) < 4.78 is 24.1. The first kappa shape index (κ1) is 11.3. The fourth-order valence-electron chi connectivity index (χ4n) is 1.79. The monoisotopic (exact) mass is 241 g/mol. The van der Waals surface area contributed by atoms with Crippen molar-refractivity contribution >= 4 is 15.8 Å². The van der Waals surface area contributed by atoms with Gasteiger partial charge in [0.25, 0.3) is 0 Å². The Kier molecular flexibility index (Phi) is 3.11. The SMILES string of the molecule is CS(=O)(=O)N1CCN(c2ccccn2)CC1. The first-order valence-corrected chi connectivity index (χ1v) is 7.03. The highest BCUT2D eigenvalue weighted by Crippen LogP contribution is 2.13. The molecule has 0 saturated carbocycles. The van der Waals surface area contributed by atoms with E-state index in [9.17, 15) is 8.42 Å². The number of pyridine rings is 1. The molecule has 2 heterocycles. The van der Waals surface area contributed by atoms with Crippen LogP contribution in [0.15, 0.2) is 24.4 Å². The van der Waals surface area contributed by atoms with E-state index in [4.69, 9.17) is 0 Å². The molecular formula is C10H15N3O2S. The second-order valence-electron chi connectivity index (χ2n) is 3.84. The number of piperazine rings is 1. The predicted molar refractivity (Wildman–Crippen MR) is 62.9 cm³/mol. The molecule has 0 unspecified atom stereocenters. The number of hydrogen-bond donors (Lipinski definition) is 0. The van der Waals surface area contributed by atoms with Gasteiger partial charge in [0, 0.05) is 32.4 Å². The molecular weight excluding hydrogens is 226 g/mol. The van der Waals surface area contributed by atoms with Crippen LogP contribution < -0.4 is 4.90 Å². The molecule has 0 radical (unpaired) electrons. The van der Waals surface area contributed by atoms with Crippen molar-refractivity contribution in [3.05, 3.63) is 24.4 Å². The van der Waals surface area contributed by atoms with Crippen LogP contribution in [0, 0.1) is 0 Å². The van der Waals surface area contributed by atoms with E-state index in [1.807, 2.05) is 18.2 Å². The Labute approximate surface area is 95.8 Å². The van der Waals surface area contributed by atoms with Gasteiger partial charge in [0.2, 0.25) is 10.0 Å². The van der Waals surface area contributed by atoms with Gasteiger partial charge in [-0.1, -0.05) is 6.07 Å². The molecule has 1 aliphatic rings. The minimum absolute atomic E-state index is 0.537. The topological polar surface area (TPSA) is 53.5 Å². The predicted octanol–water partition coefficient (Wildman–Crippen LogP) is 0.163. The minimum Gasteiger partial charge on any atom is -0.354 e. The number of hydrogen-bond acceptors (Lipinski definition) is 4. The van der Waals surface area contributed by atoms with Gasteiger partial charge in [-0.15, -0.1) is 0 Å². The molecule has 2 rings (SSSR count). The molecule has 1 saturated heterocycles. The Bertz CT molecular complexity index is 438. The van der Waals surface area contributed by atoms with E-state index in [0.717, 1.165) is 5.82 Å². The van der Waals surface area contributed by atoms with Crippen molar-refractivity contribution in [3.8, 4) is 0 Å². The zero-order chi connectivity index (χ0) is 11.6. The van der Waals surface area contributed by atoms with Crippen molar-refractivity contribution in [2.24, 2.45) is 0 Å². The molecule has 1 fully saturated rings. The van der Waals surface area contributed by atoms with Crippen LogP contribution in [-0.2, 0) is 10.0 Å². The fourth-order valence-corrected chi connectivity index (χ4v) is 2.62. The van der Waals surface area contributed by atoms with E-state index in [1.165, 1.54) is 10.6 Å². The minimum atomic E-state index is -3.05. The van der Waals surface area contributed by atoms with E-state index in [0.29, 0.717) is 26.2 Å². The van der Waals surface area contributed by atoms with Crippen molar-refractivity contribution in [3.63, 3.8) is 0 Å². The summed E-state index contributed by atoms with van der Waals surface area (Å²) >= 11 is 0. The zero-order valence-corrected chi connectivity index (χ0v) is 10.0. The van der Waals surface area contributed by atoms with Gasteiger partial charge in [-0.05, 0) is 12.1 Å². The van der Waals surface area contributed by atoms with Gasteiger partial charge >= 0.3 is 0 Å². The molecule has 0 N–H and O–H groups in total. The van der Waals surface area contributed by atoms with Gasteiger partial charge in [-0.2, -0.15) is 4.31 Å². The molecule has 0 aromatic carbocycles. The van der Waals surface area contributed by atoms with Crippen LogP contribution in [0.4, 0.5) is 5.82 Å². The summed E-state index contributed by atoms with van der Waals surface area (Å²) in [5.74, 6) is 0.913. The highest BCUT2D eigenvalue weighted by Gasteiger charge is 2.23. The van der Waals surface area contributed by atoms with Crippen LogP contribution >= 0.6 is 0 Å². The van der Waals surface area contributed by atoms with Gasteiger partial charge < -0.3 is 4.90 Å². The summed E-state index contributed by atoms with van der Waals surface area (Å²) in [5.41, 5.74) is 0. The van der Waals surface area contributed by atoms with E-state index < -0.39 is 10.0 Å². The Morgan fingerprint density at radius 2 is 1.88 bits per heavy atom. The Morgan fingerprint density at radius 3 is 2.38 bits per heavy atom. The van der Waals surface area contributed by atoms with Crippen LogP contribution in [-0.4, -0.2) is 50.1 Å². The van der Waals surface area contributed by atoms with Crippen LogP contribution in [0.3, 0.4) is 0 Å². The second kappa shape index (κ2) is 4.39. The van der Waals surface area contributed by atoms with Crippen molar-refractivity contribution < 1.29 is 8.42 Å². The van der Waals surface area contributed by atoms with E-state index in [1.54, 1.807) is 6.20 Å². The maximum atomic E-state index is 11.3. The molecule has 0 atom stereocenters. The quantitative estimate of drug-likeness (QED) is 0.740. The van der Waals surface area contributed by atoms with E-state index in [2.05, 4.69) is 9.88 Å². The van der Waals surface area contributed by atoms with Crippen molar-refractivity contribution in [2.75, 3.05) is 37.3 Å². The third-order valence-electron chi connectivity index (χ3n) is 2.68. The van der Waals surface area contributed by atoms with Gasteiger partial charge in [-0.25, -0.2) is 13.4 Å². The summed E-state index contributed by atoms with van der Waals surface area (Å²) in [4.78, 5) is 6.35. The smallest absolute Gasteiger partial charge is 0.211 e. The van der Waals surface area contributed by atoms with Crippen molar-refractivity contribution in [2.45, 2.75) is 0 Å². The summed E-state index contributed by atoms with van der Waals surface area (Å²) in [6.45, 7) is 2.47. The molecule has 0 bridgehead atoms. The maximum absolute atomic E-state index is 11.3. The molecule has 6 heteroatoms. The average molecular weight is 241 g/mol. The largest absolute Gasteiger partial charge is 0.354 e. The molecule has 0 aliphatic carbocycles. The first-order chi connectivity index (χ1) is 7.57. The Balaban J connectivity index is 2.01. The molecule has 0 spiro atoms. The van der Waals surface area contributed by atoms with Gasteiger partial charge in [0.05, 0.1) is 6.26 Å². The van der Waals surface area contributed by atoms with Crippen LogP contribution in [0.25, 0.3) is 0 Å². The standard InChI is InChI=1S/C10H15N3O2S/c1-16(14,15)13-8-6-12(7-9-13)10-4-2-3-5-11-10/h2-5H,6-9H2,1H3. The zero-order valence-electron chi connectivity index (χ0n) is 9.20. The third-order valence-corrected chi connectivity index (χ3v) is 3.98. The Morgan fingerprint density at radius 1 is 1.19 bits per heavy atom. The number of anilines is 1. The summed E-state index contributed by atoms with van der Waals surface area (Å²) in [5, 5.41) is 0. The van der Waals surface area contributed by atoms with Crippen molar-refractivity contribution in [1.29, 1.82) is 0 Å². The molecule has 0 amide bonds.